The first-order valence-corrected chi connectivity index (χ1v) is 6.90. The molecule has 2 nitrogen and oxygen atoms in total. The third-order valence-corrected chi connectivity index (χ3v) is 4.78. The summed E-state index contributed by atoms with van der Waals surface area (Å²) >= 11 is 0. The molecule has 0 bridgehead atoms. The lowest BCUT2D eigenvalue weighted by molar-refractivity contribution is -0.111. The van der Waals surface area contributed by atoms with Crippen molar-refractivity contribution in [2.45, 2.75) is 32.7 Å². The average Bonchev–Trinajstić information content (AvgIpc) is 2.94. The van der Waals surface area contributed by atoms with Gasteiger partial charge in [0.25, 0.3) is 0 Å². The van der Waals surface area contributed by atoms with Gasteiger partial charge in [-0.3, -0.25) is 4.79 Å². The fourth-order valence-electron chi connectivity index (χ4n) is 3.81. The highest BCUT2D eigenvalue weighted by Crippen LogP contribution is 2.70. The van der Waals surface area contributed by atoms with Gasteiger partial charge in [0.1, 0.15) is 0 Å². The van der Waals surface area contributed by atoms with E-state index in [9.17, 15) is 4.79 Å². The maximum absolute atomic E-state index is 12.3. The Balaban J connectivity index is 2.15. The Morgan fingerprint density at radius 3 is 2.58 bits per heavy atom. The third-order valence-electron chi connectivity index (χ3n) is 4.78. The number of piperidine rings is 1. The molecule has 1 heterocycles. The molecule has 0 amide bonds. The van der Waals surface area contributed by atoms with E-state index < -0.39 is 0 Å². The largest absolute Gasteiger partial charge is 0.369 e. The van der Waals surface area contributed by atoms with Crippen LogP contribution in [0.25, 0.3) is 0 Å². The molecule has 3 aliphatic rings. The molecule has 2 atom stereocenters. The predicted molar refractivity (Wildman–Crippen MR) is 77.5 cm³/mol. The van der Waals surface area contributed by atoms with E-state index in [1.54, 1.807) is 6.08 Å². The molecule has 0 aromatic heterocycles. The third kappa shape index (κ3) is 1.40. The summed E-state index contributed by atoms with van der Waals surface area (Å²) in [4.78, 5) is 14.7. The molecule has 2 unspecified atom stereocenters. The van der Waals surface area contributed by atoms with E-state index in [4.69, 9.17) is 0 Å². The van der Waals surface area contributed by atoms with E-state index in [2.05, 4.69) is 38.8 Å². The smallest absolute Gasteiger partial charge is 0.187 e. The van der Waals surface area contributed by atoms with Crippen molar-refractivity contribution in [3.8, 4) is 0 Å². The van der Waals surface area contributed by atoms with E-state index in [0.29, 0.717) is 5.92 Å². The Labute approximate surface area is 115 Å². The van der Waals surface area contributed by atoms with Crippen molar-refractivity contribution in [3.63, 3.8) is 0 Å². The van der Waals surface area contributed by atoms with Crippen LogP contribution in [-0.4, -0.2) is 22.8 Å². The van der Waals surface area contributed by atoms with Crippen LogP contribution < -0.4 is 0 Å². The summed E-state index contributed by atoms with van der Waals surface area (Å²) < 4.78 is 0. The number of nitrogens with zero attached hydrogens (tertiary/aromatic N) is 1. The lowest BCUT2D eigenvalue weighted by atomic mass is 9.80. The summed E-state index contributed by atoms with van der Waals surface area (Å²) in [6.45, 7) is 15.4. The lowest BCUT2D eigenvalue weighted by Crippen LogP contribution is -2.41. The Hall–Kier alpha value is -1.57. The average molecular weight is 255 g/mol. The van der Waals surface area contributed by atoms with Gasteiger partial charge < -0.3 is 4.90 Å². The SMILES string of the molecule is C=CC1=C(C=C)C23CC2CN(C(C)(C)C)C3=CC1=O. The van der Waals surface area contributed by atoms with Gasteiger partial charge in [-0.15, -0.1) is 0 Å². The molecule has 1 saturated heterocycles. The van der Waals surface area contributed by atoms with Crippen molar-refractivity contribution in [1.82, 2.24) is 4.90 Å². The van der Waals surface area contributed by atoms with E-state index in [-0.39, 0.29) is 16.7 Å². The van der Waals surface area contributed by atoms with Crippen LogP contribution in [0.4, 0.5) is 0 Å². The fourth-order valence-corrected chi connectivity index (χ4v) is 3.81. The summed E-state index contributed by atoms with van der Waals surface area (Å²) in [6.07, 6.45) is 6.55. The van der Waals surface area contributed by atoms with Gasteiger partial charge in [-0.1, -0.05) is 25.3 Å². The molecule has 2 heteroatoms. The molecule has 0 N–H and O–H groups in total. The fraction of sp³-hybridized carbons (Fsp3) is 0.471. The van der Waals surface area contributed by atoms with Gasteiger partial charge in [-0.2, -0.15) is 0 Å². The molecule has 0 radical (unpaired) electrons. The number of carbonyl (C=O) groups excluding carboxylic acids is 1. The minimum absolute atomic E-state index is 0.0600. The molecular weight excluding hydrogens is 234 g/mol. The van der Waals surface area contributed by atoms with Crippen LogP contribution in [0.5, 0.6) is 0 Å². The topological polar surface area (TPSA) is 20.3 Å². The predicted octanol–water partition coefficient (Wildman–Crippen LogP) is 3.24. The molecular formula is C17H21NO. The lowest BCUT2D eigenvalue weighted by Gasteiger charge is -2.40. The second-order valence-corrected chi connectivity index (χ2v) is 6.78. The molecule has 1 saturated carbocycles. The normalized spacial score (nSPS) is 32.8. The molecule has 0 aromatic rings. The van der Waals surface area contributed by atoms with Crippen LogP contribution in [0.1, 0.15) is 27.2 Å². The van der Waals surface area contributed by atoms with Gasteiger partial charge in [0.2, 0.25) is 0 Å². The maximum atomic E-state index is 12.3. The van der Waals surface area contributed by atoms with E-state index >= 15 is 0 Å². The van der Waals surface area contributed by atoms with Crippen LogP contribution in [-0.2, 0) is 4.79 Å². The highest BCUT2D eigenvalue weighted by Gasteiger charge is 2.67. The quantitative estimate of drug-likeness (QED) is 0.755. The highest BCUT2D eigenvalue weighted by atomic mass is 16.1. The molecule has 19 heavy (non-hydrogen) atoms. The minimum atomic E-state index is 0.0600. The zero-order valence-corrected chi connectivity index (χ0v) is 12.0. The summed E-state index contributed by atoms with van der Waals surface area (Å²) in [5.41, 5.74) is 3.17. The van der Waals surface area contributed by atoms with Crippen LogP contribution in [0.15, 0.2) is 48.2 Å². The zero-order valence-electron chi connectivity index (χ0n) is 12.0. The first kappa shape index (κ1) is 12.5. The molecule has 0 aromatic carbocycles. The summed E-state index contributed by atoms with van der Waals surface area (Å²) in [5.74, 6) is 0.710. The van der Waals surface area contributed by atoms with Crippen molar-refractivity contribution in [1.29, 1.82) is 0 Å². The number of likely N-dealkylation sites (tertiary alicyclic amines) is 1. The van der Waals surface area contributed by atoms with Gasteiger partial charge in [0.15, 0.2) is 5.78 Å². The summed E-state index contributed by atoms with van der Waals surface area (Å²) in [6, 6.07) is 0. The Morgan fingerprint density at radius 2 is 2.05 bits per heavy atom. The van der Waals surface area contributed by atoms with Crippen molar-refractivity contribution in [3.05, 3.63) is 48.2 Å². The van der Waals surface area contributed by atoms with E-state index in [1.807, 2.05) is 12.2 Å². The summed E-state index contributed by atoms with van der Waals surface area (Å²) in [5, 5.41) is 0. The van der Waals surface area contributed by atoms with Crippen molar-refractivity contribution < 1.29 is 4.79 Å². The molecule has 1 spiro atoms. The van der Waals surface area contributed by atoms with E-state index in [0.717, 1.165) is 24.1 Å². The number of rotatable bonds is 2. The van der Waals surface area contributed by atoms with Crippen LogP contribution in [0.2, 0.25) is 0 Å². The maximum Gasteiger partial charge on any atom is 0.187 e. The Morgan fingerprint density at radius 1 is 1.37 bits per heavy atom. The van der Waals surface area contributed by atoms with Crippen LogP contribution in [0.3, 0.4) is 0 Å². The Kier molecular flexibility index (Phi) is 2.30. The number of ketones is 1. The second kappa shape index (κ2) is 3.50. The molecule has 2 fully saturated rings. The van der Waals surface area contributed by atoms with E-state index in [1.165, 1.54) is 5.70 Å². The Bertz CT molecular complexity index is 558. The van der Waals surface area contributed by atoms with Crippen molar-refractivity contribution >= 4 is 5.78 Å². The van der Waals surface area contributed by atoms with Crippen molar-refractivity contribution in [2.75, 3.05) is 6.54 Å². The monoisotopic (exact) mass is 255 g/mol. The molecule has 1 aliphatic heterocycles. The van der Waals surface area contributed by atoms with Gasteiger partial charge in [0.05, 0.1) is 0 Å². The summed E-state index contributed by atoms with van der Waals surface area (Å²) in [7, 11) is 0. The van der Waals surface area contributed by atoms with Crippen LogP contribution in [0, 0.1) is 11.3 Å². The number of hydrogen-bond acceptors (Lipinski definition) is 2. The zero-order chi connectivity index (χ0) is 14.0. The molecule has 2 aliphatic carbocycles. The van der Waals surface area contributed by atoms with Gasteiger partial charge in [-0.05, 0) is 38.7 Å². The molecule has 3 rings (SSSR count). The van der Waals surface area contributed by atoms with Gasteiger partial charge >= 0.3 is 0 Å². The van der Waals surface area contributed by atoms with Gasteiger partial charge in [0, 0.05) is 34.8 Å². The van der Waals surface area contributed by atoms with Crippen molar-refractivity contribution in [2.24, 2.45) is 11.3 Å². The first-order valence-electron chi connectivity index (χ1n) is 6.90. The number of allylic oxidation sites excluding steroid dienone is 5. The highest BCUT2D eigenvalue weighted by molar-refractivity contribution is 6.09. The minimum Gasteiger partial charge on any atom is -0.369 e. The molecule has 100 valence electrons. The second-order valence-electron chi connectivity index (χ2n) is 6.78. The number of carbonyl (C=O) groups is 1. The first-order chi connectivity index (χ1) is 8.86. The standard InChI is InChI=1S/C17H21NO/c1-6-12-13(7-2)17-9-11(17)10-18(16(3,4)5)15(17)8-14(12)19/h6-8,11H,1-2,9-10H2,3-5H3. The van der Waals surface area contributed by atoms with Gasteiger partial charge in [-0.25, -0.2) is 0 Å². The van der Waals surface area contributed by atoms with Crippen LogP contribution >= 0.6 is 0 Å². The number of hydrogen-bond donors (Lipinski definition) is 0.